The zero-order valence-corrected chi connectivity index (χ0v) is 6.38. The zero-order valence-electron chi connectivity index (χ0n) is 5.57. The third kappa shape index (κ3) is 15.8. The average molecular weight is 169 g/mol. The number of hydrogen-bond acceptors (Lipinski definition) is 2. The molecule has 0 N–H and O–H groups in total. The Bertz CT molecular complexity index is 104. The van der Waals surface area contributed by atoms with Crippen molar-refractivity contribution >= 4 is 11.1 Å². The Hall–Kier alpha value is 0.497. The minimum atomic E-state index is -4.59. The monoisotopic (exact) mass is 169 g/mol. The molecule has 0 aromatic rings. The summed E-state index contributed by atoms with van der Waals surface area (Å²) in [5.74, 6) is -1.76. The number of halogens is 3. The van der Waals surface area contributed by atoms with E-state index in [9.17, 15) is 21.9 Å². The SMILES string of the molecule is O=S([O-])CC(F)(F)F.[CH3-].[Li+]. The van der Waals surface area contributed by atoms with Crippen LogP contribution in [-0.2, 0) is 11.1 Å². The molecule has 0 radical (unpaired) electrons. The molecule has 0 amide bonds. The van der Waals surface area contributed by atoms with Crippen molar-refractivity contribution in [1.29, 1.82) is 0 Å². The van der Waals surface area contributed by atoms with E-state index >= 15 is 0 Å². The van der Waals surface area contributed by atoms with Crippen molar-refractivity contribution in [1.82, 2.24) is 0 Å². The Labute approximate surface area is 71.6 Å². The van der Waals surface area contributed by atoms with Gasteiger partial charge in [-0.15, -0.1) is 0 Å². The second kappa shape index (κ2) is 6.22. The topological polar surface area (TPSA) is 40.1 Å². The van der Waals surface area contributed by atoms with E-state index in [1.165, 1.54) is 0 Å². The molecule has 58 valence electrons. The van der Waals surface area contributed by atoms with Crippen molar-refractivity contribution in [2.24, 2.45) is 0 Å². The van der Waals surface area contributed by atoms with Gasteiger partial charge in [-0.3, -0.25) is 4.21 Å². The summed E-state index contributed by atoms with van der Waals surface area (Å²) in [6, 6.07) is 0. The normalized spacial score (nSPS) is 12.8. The summed E-state index contributed by atoms with van der Waals surface area (Å²) in [4.78, 5) is 0. The van der Waals surface area contributed by atoms with Crippen LogP contribution in [0.2, 0.25) is 0 Å². The molecule has 7 heteroatoms. The van der Waals surface area contributed by atoms with Crippen LogP contribution in [0.15, 0.2) is 0 Å². The summed E-state index contributed by atoms with van der Waals surface area (Å²) in [7, 11) is 0. The molecule has 0 fully saturated rings. The van der Waals surface area contributed by atoms with Gasteiger partial charge in [-0.2, -0.15) is 13.2 Å². The molecular weight excluding hydrogens is 164 g/mol. The van der Waals surface area contributed by atoms with Gasteiger partial charge in [0.2, 0.25) is 0 Å². The van der Waals surface area contributed by atoms with Crippen LogP contribution in [0.4, 0.5) is 13.2 Å². The van der Waals surface area contributed by atoms with Gasteiger partial charge in [-0.1, -0.05) is 0 Å². The Balaban J connectivity index is -0.000000245. The summed E-state index contributed by atoms with van der Waals surface area (Å²) in [5.41, 5.74) is 0. The third-order valence-electron chi connectivity index (χ3n) is 0.282. The van der Waals surface area contributed by atoms with Crippen molar-refractivity contribution in [3.05, 3.63) is 7.43 Å². The largest absolute Gasteiger partial charge is 1.00 e. The first kappa shape index (κ1) is 16.8. The van der Waals surface area contributed by atoms with Crippen LogP contribution in [-0.4, -0.2) is 20.7 Å². The number of hydrogen-bond donors (Lipinski definition) is 0. The van der Waals surface area contributed by atoms with Crippen molar-refractivity contribution in [2.75, 3.05) is 5.75 Å². The van der Waals surface area contributed by atoms with Gasteiger partial charge in [0.25, 0.3) is 0 Å². The van der Waals surface area contributed by atoms with Crippen molar-refractivity contribution in [3.8, 4) is 0 Å². The number of alkyl halides is 3. The van der Waals surface area contributed by atoms with Gasteiger partial charge in [0.1, 0.15) is 5.75 Å². The van der Waals surface area contributed by atoms with Crippen LogP contribution >= 0.6 is 0 Å². The van der Waals surface area contributed by atoms with E-state index in [0.717, 1.165) is 0 Å². The van der Waals surface area contributed by atoms with E-state index in [-0.39, 0.29) is 26.3 Å². The summed E-state index contributed by atoms with van der Waals surface area (Å²) in [5, 5.41) is 0. The van der Waals surface area contributed by atoms with E-state index in [4.69, 9.17) is 0 Å². The summed E-state index contributed by atoms with van der Waals surface area (Å²) < 4.78 is 51.3. The van der Waals surface area contributed by atoms with Gasteiger partial charge in [0.15, 0.2) is 0 Å². The smallest absolute Gasteiger partial charge is 0.772 e. The fourth-order valence-corrected chi connectivity index (χ4v) is 0.401. The van der Waals surface area contributed by atoms with E-state index in [0.29, 0.717) is 0 Å². The fraction of sp³-hybridized carbons (Fsp3) is 0.667. The molecule has 0 heterocycles. The average Bonchev–Trinajstić information content (AvgIpc) is 1.21. The minimum absolute atomic E-state index is 0. The first-order valence-corrected chi connectivity index (χ1v) is 2.79. The van der Waals surface area contributed by atoms with E-state index < -0.39 is 23.0 Å². The molecule has 0 bridgehead atoms. The molecule has 2 nitrogen and oxygen atoms in total. The molecule has 0 saturated carbocycles. The Kier molecular flexibility index (Phi) is 10.5. The minimum Gasteiger partial charge on any atom is -0.772 e. The van der Waals surface area contributed by atoms with Crippen LogP contribution in [0.3, 0.4) is 0 Å². The second-order valence-electron chi connectivity index (χ2n) is 1.06. The quantitative estimate of drug-likeness (QED) is 0.256. The van der Waals surface area contributed by atoms with Gasteiger partial charge in [-0.05, 0) is 11.1 Å². The predicted octanol–water partition coefficient (Wildman–Crippen LogP) is -2.12. The molecule has 0 aliphatic rings. The number of rotatable bonds is 1. The predicted molar refractivity (Wildman–Crippen MR) is 26.3 cm³/mol. The molecule has 0 saturated heterocycles. The fourth-order valence-electron chi connectivity index (χ4n) is 0.134. The van der Waals surface area contributed by atoms with E-state index in [2.05, 4.69) is 0 Å². The Morgan fingerprint density at radius 3 is 1.70 bits per heavy atom. The molecule has 0 aromatic heterocycles. The van der Waals surface area contributed by atoms with Gasteiger partial charge >= 0.3 is 25.0 Å². The van der Waals surface area contributed by atoms with Crippen LogP contribution in [0.1, 0.15) is 0 Å². The molecule has 0 aliphatic carbocycles. The Morgan fingerprint density at radius 2 is 1.70 bits per heavy atom. The Morgan fingerprint density at radius 1 is 1.40 bits per heavy atom. The first-order chi connectivity index (χ1) is 3.42. The second-order valence-corrected chi connectivity index (χ2v) is 1.96. The van der Waals surface area contributed by atoms with Gasteiger partial charge in [0, 0.05) is 0 Å². The summed E-state index contributed by atoms with van der Waals surface area (Å²) in [6.45, 7) is 0. The van der Waals surface area contributed by atoms with Crippen molar-refractivity contribution < 1.29 is 40.8 Å². The molecule has 1 unspecified atom stereocenters. The van der Waals surface area contributed by atoms with E-state index in [1.807, 2.05) is 0 Å². The molecule has 0 spiro atoms. The van der Waals surface area contributed by atoms with Crippen LogP contribution in [0.5, 0.6) is 0 Å². The first-order valence-electron chi connectivity index (χ1n) is 1.54. The van der Waals surface area contributed by atoms with Crippen LogP contribution < -0.4 is 18.9 Å². The van der Waals surface area contributed by atoms with Crippen molar-refractivity contribution in [2.45, 2.75) is 6.18 Å². The maximum absolute atomic E-state index is 10.9. The third-order valence-corrected chi connectivity index (χ3v) is 0.845. The molecule has 10 heavy (non-hydrogen) atoms. The molecule has 0 rings (SSSR count). The standard InChI is InChI=1S/C2H3F3O2S.CH3.Li/c3-2(4,5)1-8(6)7;;/h1H2,(H,6,7);1H3;/q;-1;+1/p-1. The summed E-state index contributed by atoms with van der Waals surface area (Å²) in [6.07, 6.45) is -4.59. The summed E-state index contributed by atoms with van der Waals surface area (Å²) >= 11 is -3.01. The van der Waals surface area contributed by atoms with E-state index in [1.54, 1.807) is 0 Å². The molecule has 0 aromatic carbocycles. The molecular formula is C3H5F3LiO2S-. The van der Waals surface area contributed by atoms with Gasteiger partial charge < -0.3 is 12.0 Å². The zero-order chi connectivity index (χ0) is 6.78. The van der Waals surface area contributed by atoms with Gasteiger partial charge in [-0.25, -0.2) is 0 Å². The van der Waals surface area contributed by atoms with Crippen molar-refractivity contribution in [3.63, 3.8) is 0 Å². The molecule has 0 aliphatic heterocycles. The molecule has 1 atom stereocenters. The maximum atomic E-state index is 10.9. The van der Waals surface area contributed by atoms with Crippen LogP contribution in [0.25, 0.3) is 0 Å². The van der Waals surface area contributed by atoms with Crippen LogP contribution in [0, 0.1) is 7.43 Å². The maximum Gasteiger partial charge on any atom is 1.00 e. The van der Waals surface area contributed by atoms with Gasteiger partial charge in [0.05, 0.1) is 0 Å².